The van der Waals surface area contributed by atoms with E-state index < -0.39 is 0 Å². The van der Waals surface area contributed by atoms with Crippen molar-refractivity contribution in [2.45, 2.75) is 19.8 Å². The molecule has 0 bridgehead atoms. The number of ether oxygens (including phenoxy) is 1. The summed E-state index contributed by atoms with van der Waals surface area (Å²) < 4.78 is 5.59. The number of anilines is 1. The smallest absolute Gasteiger partial charge is 0.224 e. The van der Waals surface area contributed by atoms with E-state index in [1.165, 1.54) is 0 Å². The van der Waals surface area contributed by atoms with Gasteiger partial charge < -0.3 is 10.1 Å². The molecule has 1 aromatic carbocycles. The first kappa shape index (κ1) is 15.3. The average Bonchev–Trinajstić information content (AvgIpc) is 2.48. The van der Waals surface area contributed by atoms with Crippen LogP contribution in [0, 0.1) is 6.92 Å². The molecule has 1 N–H and O–H groups in total. The van der Waals surface area contributed by atoms with Crippen molar-refractivity contribution in [2.75, 3.05) is 11.9 Å². The number of aryl methyl sites for hydroxylation is 1. The molecule has 0 atom stereocenters. The predicted molar refractivity (Wildman–Crippen MR) is 83.8 cm³/mol. The normalized spacial score (nSPS) is 10.2. The standard InChI is InChI=1S/C16H17ClN2O2/c1-12-11-14(4-5-15(12)17)21-10-2-3-16(20)19-13-6-8-18-9-7-13/h4-9,11H,2-3,10H2,1H3,(H,18,19,20). The molecule has 5 heteroatoms. The lowest BCUT2D eigenvalue weighted by atomic mass is 10.2. The number of hydrogen-bond acceptors (Lipinski definition) is 3. The van der Waals surface area contributed by atoms with Crippen molar-refractivity contribution < 1.29 is 9.53 Å². The maximum absolute atomic E-state index is 11.7. The Labute approximate surface area is 129 Å². The van der Waals surface area contributed by atoms with Gasteiger partial charge in [-0.3, -0.25) is 9.78 Å². The third kappa shape index (κ3) is 5.08. The first-order valence-corrected chi connectivity index (χ1v) is 7.12. The number of nitrogens with one attached hydrogen (secondary N) is 1. The van der Waals surface area contributed by atoms with E-state index in [1.54, 1.807) is 24.5 Å². The summed E-state index contributed by atoms with van der Waals surface area (Å²) in [5, 5.41) is 3.53. The van der Waals surface area contributed by atoms with Gasteiger partial charge in [0.25, 0.3) is 0 Å². The van der Waals surface area contributed by atoms with E-state index in [-0.39, 0.29) is 5.91 Å². The number of hydrogen-bond donors (Lipinski definition) is 1. The summed E-state index contributed by atoms with van der Waals surface area (Å²) in [7, 11) is 0. The van der Waals surface area contributed by atoms with Crippen LogP contribution in [0.1, 0.15) is 18.4 Å². The summed E-state index contributed by atoms with van der Waals surface area (Å²) >= 11 is 5.95. The Morgan fingerprint density at radius 1 is 1.29 bits per heavy atom. The van der Waals surface area contributed by atoms with Gasteiger partial charge in [-0.05, 0) is 49.2 Å². The molecular formula is C16H17ClN2O2. The Morgan fingerprint density at radius 2 is 2.05 bits per heavy atom. The van der Waals surface area contributed by atoms with E-state index in [0.717, 1.165) is 22.0 Å². The van der Waals surface area contributed by atoms with Crippen molar-refractivity contribution >= 4 is 23.2 Å². The summed E-state index contributed by atoms with van der Waals surface area (Å²) in [6, 6.07) is 9.03. The van der Waals surface area contributed by atoms with Crippen molar-refractivity contribution in [3.63, 3.8) is 0 Å². The quantitative estimate of drug-likeness (QED) is 0.825. The number of carbonyl (C=O) groups is 1. The number of pyridine rings is 1. The maximum atomic E-state index is 11.7. The van der Waals surface area contributed by atoms with Crippen LogP contribution >= 0.6 is 11.6 Å². The predicted octanol–water partition coefficient (Wildman–Crippen LogP) is 3.84. The third-order valence-corrected chi connectivity index (χ3v) is 3.33. The summed E-state index contributed by atoms with van der Waals surface area (Å²) in [5.41, 5.74) is 1.73. The molecule has 0 fully saturated rings. The van der Waals surface area contributed by atoms with Gasteiger partial charge in [0.1, 0.15) is 5.75 Å². The highest BCUT2D eigenvalue weighted by molar-refractivity contribution is 6.31. The number of amides is 1. The highest BCUT2D eigenvalue weighted by Crippen LogP contribution is 2.21. The fraction of sp³-hybridized carbons (Fsp3) is 0.250. The zero-order valence-corrected chi connectivity index (χ0v) is 12.6. The largest absolute Gasteiger partial charge is 0.494 e. The minimum Gasteiger partial charge on any atom is -0.494 e. The van der Waals surface area contributed by atoms with Crippen LogP contribution < -0.4 is 10.1 Å². The van der Waals surface area contributed by atoms with Crippen LogP contribution in [0.25, 0.3) is 0 Å². The van der Waals surface area contributed by atoms with E-state index in [2.05, 4.69) is 10.3 Å². The molecular weight excluding hydrogens is 288 g/mol. The number of rotatable bonds is 6. The molecule has 2 aromatic rings. The second-order valence-electron chi connectivity index (χ2n) is 4.65. The van der Waals surface area contributed by atoms with Gasteiger partial charge in [0.2, 0.25) is 5.91 Å². The van der Waals surface area contributed by atoms with Crippen LogP contribution in [0.4, 0.5) is 5.69 Å². The van der Waals surface area contributed by atoms with Crippen molar-refractivity contribution in [2.24, 2.45) is 0 Å². The van der Waals surface area contributed by atoms with E-state index in [1.807, 2.05) is 25.1 Å². The van der Waals surface area contributed by atoms with Crippen LogP contribution in [-0.4, -0.2) is 17.5 Å². The zero-order chi connectivity index (χ0) is 15.1. The second kappa shape index (κ2) is 7.64. The molecule has 0 spiro atoms. The SMILES string of the molecule is Cc1cc(OCCCC(=O)Nc2ccncc2)ccc1Cl. The summed E-state index contributed by atoms with van der Waals surface area (Å²) in [5.74, 6) is 0.739. The van der Waals surface area contributed by atoms with E-state index in [4.69, 9.17) is 16.3 Å². The molecule has 0 unspecified atom stereocenters. The summed E-state index contributed by atoms with van der Waals surface area (Å²) in [4.78, 5) is 15.6. The topological polar surface area (TPSA) is 51.2 Å². The van der Waals surface area contributed by atoms with Gasteiger partial charge in [0, 0.05) is 29.5 Å². The lowest BCUT2D eigenvalue weighted by Crippen LogP contribution is -2.12. The molecule has 1 amide bonds. The minimum absolute atomic E-state index is 0.0305. The number of carbonyl (C=O) groups excluding carboxylic acids is 1. The van der Waals surface area contributed by atoms with Crippen molar-refractivity contribution in [1.29, 1.82) is 0 Å². The average molecular weight is 305 g/mol. The van der Waals surface area contributed by atoms with Crippen molar-refractivity contribution in [1.82, 2.24) is 4.98 Å². The van der Waals surface area contributed by atoms with Crippen LogP contribution in [0.3, 0.4) is 0 Å². The Hall–Kier alpha value is -2.07. The van der Waals surface area contributed by atoms with Gasteiger partial charge >= 0.3 is 0 Å². The molecule has 4 nitrogen and oxygen atoms in total. The van der Waals surface area contributed by atoms with Crippen LogP contribution in [0.2, 0.25) is 5.02 Å². The monoisotopic (exact) mass is 304 g/mol. The first-order valence-electron chi connectivity index (χ1n) is 6.74. The first-order chi connectivity index (χ1) is 10.1. The lowest BCUT2D eigenvalue weighted by molar-refractivity contribution is -0.116. The van der Waals surface area contributed by atoms with Gasteiger partial charge in [-0.25, -0.2) is 0 Å². The van der Waals surface area contributed by atoms with E-state index in [0.29, 0.717) is 19.4 Å². The Morgan fingerprint density at radius 3 is 2.76 bits per heavy atom. The number of nitrogens with zero attached hydrogens (tertiary/aromatic N) is 1. The zero-order valence-electron chi connectivity index (χ0n) is 11.8. The van der Waals surface area contributed by atoms with Crippen LogP contribution in [0.15, 0.2) is 42.7 Å². The molecule has 110 valence electrons. The molecule has 0 radical (unpaired) electrons. The molecule has 0 aliphatic heterocycles. The second-order valence-corrected chi connectivity index (χ2v) is 5.05. The molecule has 0 aliphatic rings. The summed E-state index contributed by atoms with van der Waals surface area (Å²) in [6.45, 7) is 2.42. The highest BCUT2D eigenvalue weighted by atomic mass is 35.5. The van der Waals surface area contributed by atoms with Crippen LogP contribution in [-0.2, 0) is 4.79 Å². The number of benzene rings is 1. The van der Waals surface area contributed by atoms with Gasteiger partial charge in [0.05, 0.1) is 6.61 Å². The minimum atomic E-state index is -0.0305. The number of aromatic nitrogens is 1. The van der Waals surface area contributed by atoms with Gasteiger partial charge in [-0.1, -0.05) is 11.6 Å². The highest BCUT2D eigenvalue weighted by Gasteiger charge is 2.03. The van der Waals surface area contributed by atoms with Crippen LogP contribution in [0.5, 0.6) is 5.75 Å². The Balaban J connectivity index is 1.69. The fourth-order valence-electron chi connectivity index (χ4n) is 1.79. The van der Waals surface area contributed by atoms with Crippen molar-refractivity contribution in [3.05, 3.63) is 53.3 Å². The molecule has 0 saturated heterocycles. The lowest BCUT2D eigenvalue weighted by Gasteiger charge is -2.08. The number of halogens is 1. The third-order valence-electron chi connectivity index (χ3n) is 2.91. The molecule has 0 aliphatic carbocycles. The van der Waals surface area contributed by atoms with E-state index in [9.17, 15) is 4.79 Å². The molecule has 2 rings (SSSR count). The van der Waals surface area contributed by atoms with Gasteiger partial charge in [-0.15, -0.1) is 0 Å². The van der Waals surface area contributed by atoms with Gasteiger partial charge in [-0.2, -0.15) is 0 Å². The van der Waals surface area contributed by atoms with Gasteiger partial charge in [0.15, 0.2) is 0 Å². The summed E-state index contributed by atoms with van der Waals surface area (Å²) in [6.07, 6.45) is 4.34. The molecule has 1 aromatic heterocycles. The Kier molecular flexibility index (Phi) is 5.58. The fourth-order valence-corrected chi connectivity index (χ4v) is 1.91. The Bertz CT molecular complexity index is 602. The molecule has 1 heterocycles. The maximum Gasteiger partial charge on any atom is 0.224 e. The van der Waals surface area contributed by atoms with Crippen molar-refractivity contribution in [3.8, 4) is 5.75 Å². The van der Waals surface area contributed by atoms with E-state index >= 15 is 0 Å². The molecule has 0 saturated carbocycles. The molecule has 21 heavy (non-hydrogen) atoms.